The molecule has 7 heteroatoms. The maximum absolute atomic E-state index is 10.8. The summed E-state index contributed by atoms with van der Waals surface area (Å²) in [5, 5.41) is 13.1. The van der Waals surface area contributed by atoms with Gasteiger partial charge >= 0.3 is 0 Å². The number of benzene rings is 1. The van der Waals surface area contributed by atoms with Crippen LogP contribution >= 0.6 is 0 Å². The molecular weight excluding hydrogens is 218 g/mol. The van der Waals surface area contributed by atoms with Crippen LogP contribution in [0.1, 0.15) is 0 Å². The molecule has 0 aromatic heterocycles. The van der Waals surface area contributed by atoms with Crippen molar-refractivity contribution in [1.29, 1.82) is 5.26 Å². The van der Waals surface area contributed by atoms with Crippen molar-refractivity contribution >= 4 is 15.9 Å². The maximum atomic E-state index is 10.8. The second-order valence-corrected chi connectivity index (χ2v) is 3.88. The number of hydrogen-bond acceptors (Lipinski definition) is 4. The van der Waals surface area contributed by atoms with Gasteiger partial charge in [-0.1, -0.05) is 12.1 Å². The average Bonchev–Trinajstić information content (AvgIpc) is 2.14. The second-order valence-electron chi connectivity index (χ2n) is 2.59. The van der Waals surface area contributed by atoms with Gasteiger partial charge in [0.05, 0.1) is 5.69 Å². The molecule has 0 amide bonds. The molecule has 0 unspecified atom stereocenters. The van der Waals surface area contributed by atoms with E-state index in [2.05, 4.69) is 4.72 Å². The molecule has 0 spiro atoms. The van der Waals surface area contributed by atoms with E-state index in [-0.39, 0.29) is 18.0 Å². The van der Waals surface area contributed by atoms with E-state index in [4.69, 9.17) is 15.1 Å². The van der Waals surface area contributed by atoms with Crippen molar-refractivity contribution in [2.75, 3.05) is 11.3 Å². The van der Waals surface area contributed by atoms with Crippen molar-refractivity contribution in [1.82, 2.24) is 0 Å². The van der Waals surface area contributed by atoms with Crippen LogP contribution in [-0.2, 0) is 10.2 Å². The van der Waals surface area contributed by atoms with Gasteiger partial charge in [0.25, 0.3) is 10.2 Å². The first kappa shape index (κ1) is 11.3. The minimum atomic E-state index is -3.84. The molecule has 0 aliphatic heterocycles. The van der Waals surface area contributed by atoms with Gasteiger partial charge in [-0.3, -0.25) is 4.72 Å². The van der Waals surface area contributed by atoms with Crippen LogP contribution in [0.2, 0.25) is 0 Å². The van der Waals surface area contributed by atoms with Gasteiger partial charge in [-0.15, -0.1) is 0 Å². The number of ether oxygens (including phenoxy) is 1. The van der Waals surface area contributed by atoms with E-state index in [1.54, 1.807) is 18.2 Å². The summed E-state index contributed by atoms with van der Waals surface area (Å²) in [5.74, 6) is 0.257. The number of nitrogens with one attached hydrogen (secondary N) is 1. The fraction of sp³-hybridized carbons (Fsp3) is 0.125. The van der Waals surface area contributed by atoms with Gasteiger partial charge in [0.15, 0.2) is 6.61 Å². The minimum Gasteiger partial charge on any atom is -0.477 e. The molecule has 3 N–H and O–H groups in total. The summed E-state index contributed by atoms with van der Waals surface area (Å²) in [6, 6.07) is 8.06. The average molecular weight is 227 g/mol. The fourth-order valence-corrected chi connectivity index (χ4v) is 1.42. The van der Waals surface area contributed by atoms with Gasteiger partial charge in [-0.2, -0.15) is 13.7 Å². The molecule has 1 rings (SSSR count). The Hall–Kier alpha value is -1.78. The Labute approximate surface area is 87.5 Å². The summed E-state index contributed by atoms with van der Waals surface area (Å²) in [4.78, 5) is 0. The molecule has 0 aliphatic rings. The van der Waals surface area contributed by atoms with Crippen molar-refractivity contribution in [2.24, 2.45) is 5.14 Å². The Bertz CT molecular complexity index is 478. The first-order valence-electron chi connectivity index (χ1n) is 3.92. The molecule has 0 radical (unpaired) electrons. The molecule has 6 nitrogen and oxygen atoms in total. The predicted molar refractivity (Wildman–Crippen MR) is 54.3 cm³/mol. The predicted octanol–water partition coefficient (Wildman–Crippen LogP) is 0.204. The third kappa shape index (κ3) is 3.84. The van der Waals surface area contributed by atoms with Gasteiger partial charge in [-0.05, 0) is 12.1 Å². The Morgan fingerprint density at radius 2 is 2.13 bits per heavy atom. The van der Waals surface area contributed by atoms with Crippen LogP contribution in [-0.4, -0.2) is 15.0 Å². The van der Waals surface area contributed by atoms with Gasteiger partial charge < -0.3 is 4.74 Å². The monoisotopic (exact) mass is 227 g/mol. The highest BCUT2D eigenvalue weighted by Crippen LogP contribution is 2.23. The quantitative estimate of drug-likeness (QED) is 0.766. The second kappa shape index (κ2) is 4.63. The molecule has 0 atom stereocenters. The Morgan fingerprint density at radius 3 is 2.73 bits per heavy atom. The van der Waals surface area contributed by atoms with Crippen LogP contribution in [0.4, 0.5) is 5.69 Å². The van der Waals surface area contributed by atoms with E-state index in [0.717, 1.165) is 0 Å². The molecule has 0 saturated carbocycles. The summed E-state index contributed by atoms with van der Waals surface area (Å²) in [6.07, 6.45) is 0. The summed E-state index contributed by atoms with van der Waals surface area (Å²) < 4.78 is 28.6. The molecule has 0 saturated heterocycles. The minimum absolute atomic E-state index is 0.163. The molecule has 80 valence electrons. The first-order valence-corrected chi connectivity index (χ1v) is 5.47. The number of nitrogens with zero attached hydrogens (tertiary/aromatic N) is 1. The Balaban J connectivity index is 2.92. The van der Waals surface area contributed by atoms with E-state index >= 15 is 0 Å². The molecule has 0 aliphatic carbocycles. The number of nitriles is 1. The molecule has 0 bridgehead atoms. The van der Waals surface area contributed by atoms with Crippen molar-refractivity contribution in [3.8, 4) is 11.8 Å². The zero-order chi connectivity index (χ0) is 11.3. The Morgan fingerprint density at radius 1 is 1.47 bits per heavy atom. The third-order valence-corrected chi connectivity index (χ3v) is 1.94. The molecular formula is C8H9N3O3S. The summed E-state index contributed by atoms with van der Waals surface area (Å²) in [6.45, 7) is -0.163. The summed E-state index contributed by atoms with van der Waals surface area (Å²) in [7, 11) is -3.84. The van der Waals surface area contributed by atoms with Crippen molar-refractivity contribution in [3.05, 3.63) is 24.3 Å². The van der Waals surface area contributed by atoms with Crippen molar-refractivity contribution < 1.29 is 13.2 Å². The zero-order valence-corrected chi connectivity index (χ0v) is 8.49. The molecule has 0 heterocycles. The summed E-state index contributed by atoms with van der Waals surface area (Å²) >= 11 is 0. The van der Waals surface area contributed by atoms with Crippen LogP contribution in [0.15, 0.2) is 24.3 Å². The number of hydrogen-bond donors (Lipinski definition) is 2. The van der Waals surface area contributed by atoms with E-state index in [9.17, 15) is 8.42 Å². The van der Waals surface area contributed by atoms with E-state index < -0.39 is 10.2 Å². The fourth-order valence-electron chi connectivity index (χ4n) is 0.940. The highest BCUT2D eigenvalue weighted by Gasteiger charge is 2.07. The number of anilines is 1. The number of nitrogens with two attached hydrogens (primary N) is 1. The van der Waals surface area contributed by atoms with Gasteiger partial charge in [0.1, 0.15) is 11.8 Å². The lowest BCUT2D eigenvalue weighted by atomic mass is 10.3. The lowest BCUT2D eigenvalue weighted by Crippen LogP contribution is -2.22. The van der Waals surface area contributed by atoms with Crippen LogP contribution in [0, 0.1) is 11.3 Å². The van der Waals surface area contributed by atoms with Crippen LogP contribution in [0.25, 0.3) is 0 Å². The molecule has 1 aromatic rings. The standard InChI is InChI=1S/C8H9N3O3S/c9-5-6-14-8-4-2-1-3-7(8)11-15(10,12)13/h1-4,11H,6H2,(H2,10,12,13). The van der Waals surface area contributed by atoms with Crippen LogP contribution in [0.3, 0.4) is 0 Å². The van der Waals surface area contributed by atoms with Gasteiger partial charge in [-0.25, -0.2) is 5.14 Å². The summed E-state index contributed by atoms with van der Waals surface area (Å²) in [5.41, 5.74) is 0.204. The topological polar surface area (TPSA) is 105 Å². The van der Waals surface area contributed by atoms with Gasteiger partial charge in [0, 0.05) is 0 Å². The van der Waals surface area contributed by atoms with Gasteiger partial charge in [0.2, 0.25) is 0 Å². The van der Waals surface area contributed by atoms with Crippen molar-refractivity contribution in [2.45, 2.75) is 0 Å². The maximum Gasteiger partial charge on any atom is 0.296 e. The number of rotatable bonds is 4. The normalized spacial score (nSPS) is 10.4. The highest BCUT2D eigenvalue weighted by atomic mass is 32.2. The van der Waals surface area contributed by atoms with E-state index in [0.29, 0.717) is 0 Å². The SMILES string of the molecule is N#CCOc1ccccc1NS(N)(=O)=O. The first-order chi connectivity index (χ1) is 7.03. The largest absolute Gasteiger partial charge is 0.477 e. The molecule has 15 heavy (non-hydrogen) atoms. The smallest absolute Gasteiger partial charge is 0.296 e. The third-order valence-electron chi connectivity index (χ3n) is 1.43. The van der Waals surface area contributed by atoms with E-state index in [1.165, 1.54) is 12.1 Å². The van der Waals surface area contributed by atoms with Crippen LogP contribution < -0.4 is 14.6 Å². The molecule has 0 fully saturated rings. The highest BCUT2D eigenvalue weighted by molar-refractivity contribution is 7.90. The Kier molecular flexibility index (Phi) is 3.49. The van der Waals surface area contributed by atoms with E-state index in [1.807, 2.05) is 0 Å². The lowest BCUT2D eigenvalue weighted by Gasteiger charge is -2.09. The van der Waals surface area contributed by atoms with Crippen LogP contribution in [0.5, 0.6) is 5.75 Å². The van der Waals surface area contributed by atoms with Crippen molar-refractivity contribution in [3.63, 3.8) is 0 Å². The zero-order valence-electron chi connectivity index (χ0n) is 7.67. The molecule has 1 aromatic carbocycles. The number of para-hydroxylation sites is 2. The lowest BCUT2D eigenvalue weighted by molar-refractivity contribution is 0.370.